The fourth-order valence-electron chi connectivity index (χ4n) is 5.76. The highest BCUT2D eigenvalue weighted by Gasteiger charge is 2.43. The summed E-state index contributed by atoms with van der Waals surface area (Å²) < 4.78 is 0. The first-order valence-electron chi connectivity index (χ1n) is 11.6. The van der Waals surface area contributed by atoms with Crippen LogP contribution < -0.4 is 0 Å². The number of pyridine rings is 2. The van der Waals surface area contributed by atoms with Gasteiger partial charge in [0.15, 0.2) is 0 Å². The minimum absolute atomic E-state index is 0.0986. The number of aromatic nitrogens is 4. The second kappa shape index (κ2) is 8.35. The summed E-state index contributed by atoms with van der Waals surface area (Å²) in [5, 5.41) is 1.25. The maximum atomic E-state index is 13.5. The number of nitrogens with zero attached hydrogens (tertiary/aromatic N) is 5. The van der Waals surface area contributed by atoms with E-state index in [2.05, 4.69) is 49.1 Å². The first-order chi connectivity index (χ1) is 16.3. The summed E-state index contributed by atoms with van der Waals surface area (Å²) in [5.74, 6) is 0.685. The van der Waals surface area contributed by atoms with Gasteiger partial charge < -0.3 is 4.90 Å². The first-order valence-corrected chi connectivity index (χ1v) is 11.6. The van der Waals surface area contributed by atoms with Crippen LogP contribution in [0.3, 0.4) is 0 Å². The largest absolute Gasteiger partial charge is 0.333 e. The van der Waals surface area contributed by atoms with Crippen LogP contribution in [0.15, 0.2) is 73.7 Å². The summed E-state index contributed by atoms with van der Waals surface area (Å²) in [6, 6.07) is 13.1. The van der Waals surface area contributed by atoms with Crippen molar-refractivity contribution in [1.29, 1.82) is 0 Å². The molecule has 1 aromatic carbocycles. The Balaban J connectivity index is 1.21. The zero-order valence-corrected chi connectivity index (χ0v) is 18.3. The van der Waals surface area contributed by atoms with E-state index < -0.39 is 0 Å². The second-order valence-corrected chi connectivity index (χ2v) is 9.22. The molecule has 0 radical (unpaired) electrons. The average Bonchev–Trinajstić information content (AvgIpc) is 3.14. The molecule has 2 aliphatic heterocycles. The van der Waals surface area contributed by atoms with Crippen molar-refractivity contribution in [3.8, 4) is 11.1 Å². The molecule has 3 aromatic heterocycles. The van der Waals surface area contributed by atoms with E-state index in [0.717, 1.165) is 48.7 Å². The predicted molar refractivity (Wildman–Crippen MR) is 126 cm³/mol. The first kappa shape index (κ1) is 20.0. The number of piperidine rings is 1. The smallest absolute Gasteiger partial charge is 0.255 e. The van der Waals surface area contributed by atoms with Crippen LogP contribution in [0.25, 0.3) is 22.0 Å². The molecular weight excluding hydrogens is 410 g/mol. The van der Waals surface area contributed by atoms with Crippen LogP contribution in [0.1, 0.15) is 41.6 Å². The highest BCUT2D eigenvalue weighted by Crippen LogP contribution is 2.41. The lowest BCUT2D eigenvalue weighted by atomic mass is 9.84. The molecular formula is C27H25N5O. The summed E-state index contributed by atoms with van der Waals surface area (Å²) >= 11 is 0. The van der Waals surface area contributed by atoms with Gasteiger partial charge in [0, 0.05) is 59.6 Å². The van der Waals surface area contributed by atoms with Gasteiger partial charge in [-0.1, -0.05) is 18.2 Å². The molecule has 164 valence electrons. The number of hydrogen-bond acceptors (Lipinski definition) is 5. The minimum Gasteiger partial charge on any atom is -0.333 e. The highest BCUT2D eigenvalue weighted by atomic mass is 16.2. The molecule has 6 heteroatoms. The van der Waals surface area contributed by atoms with E-state index in [-0.39, 0.29) is 5.91 Å². The van der Waals surface area contributed by atoms with Crippen LogP contribution in [-0.4, -0.2) is 42.8 Å². The Morgan fingerprint density at radius 1 is 0.909 bits per heavy atom. The Morgan fingerprint density at radius 2 is 1.70 bits per heavy atom. The van der Waals surface area contributed by atoms with Crippen molar-refractivity contribution in [2.45, 2.75) is 44.2 Å². The maximum Gasteiger partial charge on any atom is 0.255 e. The molecule has 0 spiro atoms. The Kier molecular flexibility index (Phi) is 5.06. The molecule has 2 bridgehead atoms. The van der Waals surface area contributed by atoms with Crippen molar-refractivity contribution in [3.63, 3.8) is 0 Å². The molecule has 2 atom stereocenters. The molecule has 4 aromatic rings. The monoisotopic (exact) mass is 435 g/mol. The van der Waals surface area contributed by atoms with Gasteiger partial charge in [-0.05, 0) is 61.8 Å². The number of amides is 1. The quantitative estimate of drug-likeness (QED) is 0.464. The van der Waals surface area contributed by atoms with E-state index in [1.165, 1.54) is 17.3 Å². The molecule has 2 aliphatic rings. The Hall–Kier alpha value is -3.67. The molecule has 0 saturated carbocycles. The number of carbonyl (C=O) groups excluding carboxylic acids is 1. The van der Waals surface area contributed by atoms with Crippen molar-refractivity contribution in [1.82, 2.24) is 24.8 Å². The van der Waals surface area contributed by atoms with Crippen LogP contribution in [0.4, 0.5) is 0 Å². The fraction of sp³-hybridized carbons (Fsp3) is 0.296. The second-order valence-electron chi connectivity index (χ2n) is 9.22. The fourth-order valence-corrected chi connectivity index (χ4v) is 5.76. The van der Waals surface area contributed by atoms with E-state index in [0.29, 0.717) is 23.6 Å². The number of benzene rings is 1. The average molecular weight is 436 g/mol. The van der Waals surface area contributed by atoms with Crippen molar-refractivity contribution >= 4 is 16.8 Å². The van der Waals surface area contributed by atoms with Gasteiger partial charge in [0.2, 0.25) is 0 Å². The van der Waals surface area contributed by atoms with E-state index in [1.54, 1.807) is 24.8 Å². The highest BCUT2D eigenvalue weighted by molar-refractivity contribution is 5.95. The lowest BCUT2D eigenvalue weighted by Gasteiger charge is -2.39. The van der Waals surface area contributed by atoms with Crippen molar-refractivity contribution in [3.05, 3.63) is 84.8 Å². The lowest BCUT2D eigenvalue weighted by Crippen LogP contribution is -2.47. The molecule has 5 heterocycles. The lowest BCUT2D eigenvalue weighted by molar-refractivity contribution is 0.0524. The molecule has 2 saturated heterocycles. The minimum atomic E-state index is 0.0986. The van der Waals surface area contributed by atoms with E-state index in [9.17, 15) is 4.79 Å². The Morgan fingerprint density at radius 3 is 2.52 bits per heavy atom. The molecule has 0 N–H and O–H groups in total. The van der Waals surface area contributed by atoms with Crippen LogP contribution in [0.2, 0.25) is 0 Å². The van der Waals surface area contributed by atoms with Gasteiger partial charge in [0.1, 0.15) is 6.33 Å². The third-order valence-corrected chi connectivity index (χ3v) is 7.19. The molecule has 6 rings (SSSR count). The molecule has 6 nitrogen and oxygen atoms in total. The van der Waals surface area contributed by atoms with E-state index in [1.807, 2.05) is 18.3 Å². The van der Waals surface area contributed by atoms with Crippen LogP contribution in [-0.2, 0) is 6.42 Å². The van der Waals surface area contributed by atoms with Gasteiger partial charge >= 0.3 is 0 Å². The standard InChI is InChI=1S/C27H25N5O/c33-27(21-12-20(13-28-14-21)22-15-29-17-30-16-22)32-23-6-7-24(32)11-18(10-23)9-19-3-1-5-26-25(19)4-2-8-31-26/h1-5,8,12-18,23-24H,6-7,9-11H2. The molecule has 1 amide bonds. The van der Waals surface area contributed by atoms with Gasteiger partial charge in [0.05, 0.1) is 11.1 Å². The summed E-state index contributed by atoms with van der Waals surface area (Å²) in [6.07, 6.45) is 15.6. The van der Waals surface area contributed by atoms with Gasteiger partial charge in [0.25, 0.3) is 5.91 Å². The molecule has 0 aliphatic carbocycles. The zero-order chi connectivity index (χ0) is 22.2. The molecule has 2 fully saturated rings. The van der Waals surface area contributed by atoms with E-state index in [4.69, 9.17) is 0 Å². The van der Waals surface area contributed by atoms with Crippen LogP contribution in [0, 0.1) is 5.92 Å². The number of carbonyl (C=O) groups is 1. The maximum absolute atomic E-state index is 13.5. The number of fused-ring (bicyclic) bond motifs is 3. The van der Waals surface area contributed by atoms with Crippen molar-refractivity contribution < 1.29 is 4.79 Å². The SMILES string of the molecule is O=C(c1cncc(-c2cncnc2)c1)N1C2CCC1CC(Cc1cccc3ncccc13)C2. The van der Waals surface area contributed by atoms with Gasteiger partial charge in [-0.25, -0.2) is 9.97 Å². The van der Waals surface area contributed by atoms with Gasteiger partial charge in [-0.15, -0.1) is 0 Å². The summed E-state index contributed by atoms with van der Waals surface area (Å²) in [7, 11) is 0. The molecule has 33 heavy (non-hydrogen) atoms. The Labute approximate surface area is 192 Å². The normalized spacial score (nSPS) is 21.9. The topological polar surface area (TPSA) is 71.9 Å². The van der Waals surface area contributed by atoms with Crippen molar-refractivity contribution in [2.75, 3.05) is 0 Å². The van der Waals surface area contributed by atoms with Crippen LogP contribution >= 0.6 is 0 Å². The molecule has 2 unspecified atom stereocenters. The van der Waals surface area contributed by atoms with Crippen LogP contribution in [0.5, 0.6) is 0 Å². The third-order valence-electron chi connectivity index (χ3n) is 7.19. The third kappa shape index (κ3) is 3.75. The summed E-state index contributed by atoms with van der Waals surface area (Å²) in [5.41, 5.74) is 4.81. The van der Waals surface area contributed by atoms with Crippen molar-refractivity contribution in [2.24, 2.45) is 5.92 Å². The summed E-state index contributed by atoms with van der Waals surface area (Å²) in [6.45, 7) is 0. The predicted octanol–water partition coefficient (Wildman–Crippen LogP) is 4.71. The van der Waals surface area contributed by atoms with Gasteiger partial charge in [-0.2, -0.15) is 0 Å². The number of hydrogen-bond donors (Lipinski definition) is 0. The zero-order valence-electron chi connectivity index (χ0n) is 18.3. The Bertz CT molecular complexity index is 1290. The number of rotatable bonds is 4. The van der Waals surface area contributed by atoms with E-state index >= 15 is 0 Å². The van der Waals surface area contributed by atoms with Gasteiger partial charge in [-0.3, -0.25) is 14.8 Å². The summed E-state index contributed by atoms with van der Waals surface area (Å²) in [4.78, 5) is 32.7.